The summed E-state index contributed by atoms with van der Waals surface area (Å²) in [5.41, 5.74) is 1.15. The van der Waals surface area contributed by atoms with Gasteiger partial charge < -0.3 is 4.74 Å². The highest BCUT2D eigenvalue weighted by Crippen LogP contribution is 2.15. The van der Waals surface area contributed by atoms with Crippen LogP contribution in [0.5, 0.6) is 0 Å². The first-order chi connectivity index (χ1) is 10.9. The summed E-state index contributed by atoms with van der Waals surface area (Å²) in [5.74, 6) is -0.728. The third kappa shape index (κ3) is 4.22. The first-order valence-corrected chi connectivity index (χ1v) is 8.41. The second-order valence-corrected chi connectivity index (χ2v) is 6.79. The fourth-order valence-electron chi connectivity index (χ4n) is 1.82. The molecule has 0 fully saturated rings. The monoisotopic (exact) mass is 336 g/mol. The lowest BCUT2D eigenvalue weighted by Crippen LogP contribution is -2.14. The molecule has 122 valence electrons. The van der Waals surface area contributed by atoms with Crippen LogP contribution < -0.4 is 0 Å². The van der Waals surface area contributed by atoms with Gasteiger partial charge in [0.1, 0.15) is 0 Å². The van der Waals surface area contributed by atoms with E-state index in [4.69, 9.17) is 0 Å². The predicted octanol–water partition coefficient (Wildman–Crippen LogP) is 0.945. The van der Waals surface area contributed by atoms with Crippen molar-refractivity contribution in [2.45, 2.75) is 18.5 Å². The van der Waals surface area contributed by atoms with E-state index in [1.807, 2.05) is 6.07 Å². The standard InChI is InChI=1S/C14H16N4O4S/c1-11(10-13(19)22-2)8-9-23(20,21)14-15-16-17-18(14)12-6-4-3-5-7-12/h3-7,10H,8-9H2,1-2H3. The van der Waals surface area contributed by atoms with Crippen LogP contribution in [0.2, 0.25) is 0 Å². The second-order valence-electron chi connectivity index (χ2n) is 4.79. The van der Waals surface area contributed by atoms with Crippen LogP contribution in [-0.2, 0) is 19.4 Å². The molecule has 9 heteroatoms. The zero-order chi connectivity index (χ0) is 16.9. The first kappa shape index (κ1) is 16.8. The highest BCUT2D eigenvalue weighted by Gasteiger charge is 2.23. The van der Waals surface area contributed by atoms with Crippen molar-refractivity contribution in [2.75, 3.05) is 12.9 Å². The van der Waals surface area contributed by atoms with Crippen molar-refractivity contribution in [1.82, 2.24) is 20.2 Å². The summed E-state index contributed by atoms with van der Waals surface area (Å²) >= 11 is 0. The number of hydrogen-bond donors (Lipinski definition) is 0. The Morgan fingerprint density at radius 3 is 2.65 bits per heavy atom. The average molecular weight is 336 g/mol. The Kier molecular flexibility index (Phi) is 5.22. The Morgan fingerprint density at radius 1 is 1.30 bits per heavy atom. The number of allylic oxidation sites excluding steroid dienone is 1. The predicted molar refractivity (Wildman–Crippen MR) is 81.6 cm³/mol. The molecule has 23 heavy (non-hydrogen) atoms. The van der Waals surface area contributed by atoms with Crippen molar-refractivity contribution in [3.05, 3.63) is 42.0 Å². The number of hydrogen-bond acceptors (Lipinski definition) is 7. The quantitative estimate of drug-likeness (QED) is 0.571. The number of carbonyl (C=O) groups excluding carboxylic acids is 1. The molecule has 0 bridgehead atoms. The number of tetrazole rings is 1. The molecule has 0 unspecified atom stereocenters. The molecule has 0 saturated heterocycles. The molecule has 8 nitrogen and oxygen atoms in total. The molecule has 1 aromatic carbocycles. The number of rotatable bonds is 6. The number of aromatic nitrogens is 4. The highest BCUT2D eigenvalue weighted by molar-refractivity contribution is 7.91. The fraction of sp³-hybridized carbons (Fsp3) is 0.286. The Labute approximate surface area is 133 Å². The van der Waals surface area contributed by atoms with Crippen molar-refractivity contribution >= 4 is 15.8 Å². The number of benzene rings is 1. The number of methoxy groups -OCH3 is 1. The molecule has 0 N–H and O–H groups in total. The van der Waals surface area contributed by atoms with Gasteiger partial charge in [0.05, 0.1) is 18.6 Å². The van der Waals surface area contributed by atoms with Gasteiger partial charge in [-0.2, -0.15) is 4.68 Å². The molecule has 0 radical (unpaired) electrons. The average Bonchev–Trinajstić information content (AvgIpc) is 3.04. The van der Waals surface area contributed by atoms with Gasteiger partial charge in [0, 0.05) is 6.08 Å². The maximum absolute atomic E-state index is 12.4. The lowest BCUT2D eigenvalue weighted by atomic mass is 10.2. The second kappa shape index (κ2) is 7.14. The van der Waals surface area contributed by atoms with E-state index in [9.17, 15) is 13.2 Å². The van der Waals surface area contributed by atoms with E-state index < -0.39 is 15.8 Å². The largest absolute Gasteiger partial charge is 0.466 e. The minimum Gasteiger partial charge on any atom is -0.466 e. The summed E-state index contributed by atoms with van der Waals surface area (Å²) in [4.78, 5) is 11.1. The van der Waals surface area contributed by atoms with E-state index in [1.165, 1.54) is 17.9 Å². The van der Waals surface area contributed by atoms with Gasteiger partial charge in [-0.05, 0) is 35.9 Å². The van der Waals surface area contributed by atoms with Crippen LogP contribution in [0.3, 0.4) is 0 Å². The van der Waals surface area contributed by atoms with E-state index in [0.717, 1.165) is 0 Å². The summed E-state index contributed by atoms with van der Waals surface area (Å²) in [7, 11) is -2.44. The van der Waals surface area contributed by atoms with Gasteiger partial charge in [-0.25, -0.2) is 13.2 Å². The normalized spacial score (nSPS) is 12.2. The van der Waals surface area contributed by atoms with E-state index in [1.54, 1.807) is 31.2 Å². The maximum Gasteiger partial charge on any atom is 0.330 e. The maximum atomic E-state index is 12.4. The Morgan fingerprint density at radius 2 is 2.00 bits per heavy atom. The molecule has 2 aromatic rings. The number of esters is 1. The third-order valence-electron chi connectivity index (χ3n) is 3.05. The molecule has 2 rings (SSSR count). The minimum absolute atomic E-state index is 0.180. The van der Waals surface area contributed by atoms with Gasteiger partial charge >= 0.3 is 5.97 Å². The zero-order valence-corrected chi connectivity index (χ0v) is 13.5. The smallest absolute Gasteiger partial charge is 0.330 e. The van der Waals surface area contributed by atoms with E-state index in [0.29, 0.717) is 11.3 Å². The SMILES string of the molecule is COC(=O)C=C(C)CCS(=O)(=O)c1nnnn1-c1ccccc1. The van der Waals surface area contributed by atoms with E-state index in [-0.39, 0.29) is 17.3 Å². The van der Waals surface area contributed by atoms with Crippen molar-refractivity contribution < 1.29 is 17.9 Å². The fourth-order valence-corrected chi connectivity index (χ4v) is 3.16. The van der Waals surface area contributed by atoms with Crippen molar-refractivity contribution in [1.29, 1.82) is 0 Å². The molecule has 0 atom stereocenters. The van der Waals surface area contributed by atoms with Crippen molar-refractivity contribution in [3.63, 3.8) is 0 Å². The van der Waals surface area contributed by atoms with Crippen LogP contribution in [0.15, 0.2) is 47.1 Å². The van der Waals surface area contributed by atoms with Crippen molar-refractivity contribution in [2.24, 2.45) is 0 Å². The molecular weight excluding hydrogens is 320 g/mol. The van der Waals surface area contributed by atoms with Crippen LogP contribution >= 0.6 is 0 Å². The topological polar surface area (TPSA) is 104 Å². The third-order valence-corrected chi connectivity index (χ3v) is 4.60. The molecule has 0 saturated carbocycles. The van der Waals surface area contributed by atoms with E-state index >= 15 is 0 Å². The van der Waals surface area contributed by atoms with E-state index in [2.05, 4.69) is 20.3 Å². The Bertz CT molecular complexity index is 812. The van der Waals surface area contributed by atoms with Crippen LogP contribution in [0, 0.1) is 0 Å². The number of para-hydroxylation sites is 1. The molecule has 0 spiro atoms. The Hall–Kier alpha value is -2.55. The highest BCUT2D eigenvalue weighted by atomic mass is 32.2. The van der Waals surface area contributed by atoms with Gasteiger partial charge in [0.2, 0.25) is 9.84 Å². The summed E-state index contributed by atoms with van der Waals surface area (Å²) in [5, 5.41) is 10.6. The van der Waals surface area contributed by atoms with Crippen LogP contribution in [-0.4, -0.2) is 47.5 Å². The minimum atomic E-state index is -3.70. The van der Waals surface area contributed by atoms with Gasteiger partial charge in [-0.1, -0.05) is 28.9 Å². The van der Waals surface area contributed by atoms with Crippen LogP contribution in [0.1, 0.15) is 13.3 Å². The molecule has 0 aliphatic rings. The van der Waals surface area contributed by atoms with Crippen LogP contribution in [0.4, 0.5) is 0 Å². The summed E-state index contributed by atoms with van der Waals surface area (Å²) in [6, 6.07) is 8.74. The molecule has 1 heterocycles. The lowest BCUT2D eigenvalue weighted by molar-refractivity contribution is -0.134. The molecule has 0 amide bonds. The summed E-state index contributed by atoms with van der Waals surface area (Å²) in [6.45, 7) is 1.66. The van der Waals surface area contributed by atoms with Crippen molar-refractivity contribution in [3.8, 4) is 5.69 Å². The molecule has 0 aliphatic carbocycles. The molecule has 0 aliphatic heterocycles. The summed E-state index contributed by atoms with van der Waals surface area (Å²) in [6.07, 6.45) is 1.44. The van der Waals surface area contributed by atoms with Crippen LogP contribution in [0.25, 0.3) is 5.69 Å². The number of sulfone groups is 1. The number of carbonyl (C=O) groups is 1. The number of nitrogens with zero attached hydrogens (tertiary/aromatic N) is 4. The van der Waals surface area contributed by atoms with Gasteiger partial charge in [-0.15, -0.1) is 0 Å². The van der Waals surface area contributed by atoms with Gasteiger partial charge in [0.15, 0.2) is 0 Å². The van der Waals surface area contributed by atoms with Gasteiger partial charge in [-0.3, -0.25) is 0 Å². The molecular formula is C14H16N4O4S. The lowest BCUT2D eigenvalue weighted by Gasteiger charge is -2.06. The molecule has 1 aromatic heterocycles. The first-order valence-electron chi connectivity index (χ1n) is 6.76. The zero-order valence-electron chi connectivity index (χ0n) is 12.7. The Balaban J connectivity index is 2.20. The number of ether oxygens (including phenoxy) is 1. The van der Waals surface area contributed by atoms with Gasteiger partial charge in [0.25, 0.3) is 5.16 Å². The summed E-state index contributed by atoms with van der Waals surface area (Å²) < 4.78 is 30.6.